The molecule has 1 fully saturated rings. The van der Waals surface area contributed by atoms with E-state index in [1.54, 1.807) is 30.3 Å². The lowest BCUT2D eigenvalue weighted by Gasteiger charge is -2.37. The molecule has 212 valence electrons. The Morgan fingerprint density at radius 3 is 2.30 bits per heavy atom. The molecule has 1 aliphatic rings. The maximum Gasteiger partial charge on any atom is 0.416 e. The number of pyridine rings is 1. The largest absolute Gasteiger partial charge is 0.513 e. The lowest BCUT2D eigenvalue weighted by Crippen LogP contribution is -2.54. The summed E-state index contributed by atoms with van der Waals surface area (Å²) >= 11 is 6.06. The van der Waals surface area contributed by atoms with Gasteiger partial charge in [-0.15, -0.1) is 0 Å². The molecule has 0 aliphatic heterocycles. The van der Waals surface area contributed by atoms with E-state index in [2.05, 4.69) is 22.2 Å². The number of hydrogen-bond donors (Lipinski definition) is 3. The molecule has 10 heteroatoms. The van der Waals surface area contributed by atoms with Gasteiger partial charge in [0.1, 0.15) is 11.4 Å². The second-order valence-electron chi connectivity index (χ2n) is 10.2. The van der Waals surface area contributed by atoms with Crippen molar-refractivity contribution in [3.63, 3.8) is 0 Å². The fourth-order valence-corrected chi connectivity index (χ4v) is 5.42. The summed E-state index contributed by atoms with van der Waals surface area (Å²) in [7, 11) is 0. The zero-order valence-electron chi connectivity index (χ0n) is 21.6. The lowest BCUT2D eigenvalue weighted by molar-refractivity contribution is -0.137. The van der Waals surface area contributed by atoms with Gasteiger partial charge in [0.05, 0.1) is 22.0 Å². The normalized spacial score (nSPS) is 18.9. The molecule has 2 amide bonds. The van der Waals surface area contributed by atoms with Crippen molar-refractivity contribution in [2.75, 3.05) is 0 Å². The summed E-state index contributed by atoms with van der Waals surface area (Å²) in [5.74, 6) is -0.701. The van der Waals surface area contributed by atoms with Crippen LogP contribution in [0.3, 0.4) is 0 Å². The smallest absolute Gasteiger partial charge is 0.416 e. The molecule has 3 N–H and O–H groups in total. The Balaban J connectivity index is 1.74. The molecule has 40 heavy (non-hydrogen) atoms. The van der Waals surface area contributed by atoms with Crippen molar-refractivity contribution < 1.29 is 27.5 Å². The molecule has 0 bridgehead atoms. The van der Waals surface area contributed by atoms with Crippen LogP contribution in [0.2, 0.25) is 5.02 Å². The SMILES string of the molecule is C=C(O)C[C@H]1CC[C@H](NC(=O)N[C@@](Cc2ccccc2)(c2cc(F)cc(C(F)(F)F)c2)c2ccc(Cl)cn2)CC1. The highest BCUT2D eigenvalue weighted by molar-refractivity contribution is 6.30. The summed E-state index contributed by atoms with van der Waals surface area (Å²) < 4.78 is 56.1. The first-order chi connectivity index (χ1) is 18.9. The van der Waals surface area contributed by atoms with E-state index in [1.165, 1.54) is 18.3 Å². The molecule has 0 unspecified atom stereocenters. The number of rotatable bonds is 8. The van der Waals surface area contributed by atoms with E-state index in [9.17, 15) is 27.5 Å². The summed E-state index contributed by atoms with van der Waals surface area (Å²) in [6.07, 6.45) is -0.123. The Kier molecular flexibility index (Phi) is 9.03. The van der Waals surface area contributed by atoms with Gasteiger partial charge in [0.25, 0.3) is 0 Å². The molecule has 1 aliphatic carbocycles. The van der Waals surface area contributed by atoms with Crippen LogP contribution in [0.5, 0.6) is 0 Å². The number of aliphatic hydroxyl groups excluding tert-OH is 1. The third-order valence-corrected chi connectivity index (χ3v) is 7.45. The fraction of sp³-hybridized carbons (Fsp3) is 0.333. The Morgan fingerprint density at radius 1 is 1.02 bits per heavy atom. The van der Waals surface area contributed by atoms with E-state index in [4.69, 9.17) is 11.6 Å². The monoisotopic (exact) mass is 575 g/mol. The number of benzene rings is 2. The zero-order chi connectivity index (χ0) is 28.9. The van der Waals surface area contributed by atoms with E-state index in [0.29, 0.717) is 35.9 Å². The van der Waals surface area contributed by atoms with Crippen molar-refractivity contribution in [2.45, 2.75) is 56.3 Å². The van der Waals surface area contributed by atoms with Crippen LogP contribution in [0.15, 0.2) is 79.2 Å². The highest BCUT2D eigenvalue weighted by Gasteiger charge is 2.41. The molecule has 1 saturated carbocycles. The predicted molar refractivity (Wildman–Crippen MR) is 145 cm³/mol. The van der Waals surface area contributed by atoms with Gasteiger partial charge in [-0.3, -0.25) is 4.98 Å². The summed E-state index contributed by atoms with van der Waals surface area (Å²) in [5.41, 5.74) is -2.09. The summed E-state index contributed by atoms with van der Waals surface area (Å²) in [6.45, 7) is 3.55. The van der Waals surface area contributed by atoms with Crippen molar-refractivity contribution in [3.05, 3.63) is 112 Å². The van der Waals surface area contributed by atoms with Gasteiger partial charge in [-0.2, -0.15) is 13.2 Å². The summed E-state index contributed by atoms with van der Waals surface area (Å²) in [5, 5.41) is 15.6. The first-order valence-corrected chi connectivity index (χ1v) is 13.3. The number of hydrogen-bond acceptors (Lipinski definition) is 3. The number of carbonyl (C=O) groups excluding carboxylic acids is 1. The average molecular weight is 576 g/mol. The third kappa shape index (κ3) is 7.33. The number of amides is 2. The molecule has 4 rings (SSSR count). The van der Waals surface area contributed by atoms with Gasteiger partial charge in [0, 0.05) is 25.1 Å². The topological polar surface area (TPSA) is 74.2 Å². The quantitative estimate of drug-likeness (QED) is 0.190. The molecular weight excluding hydrogens is 546 g/mol. The van der Waals surface area contributed by atoms with E-state index in [0.717, 1.165) is 25.0 Å². The minimum Gasteiger partial charge on any atom is -0.513 e. The lowest BCUT2D eigenvalue weighted by atomic mass is 9.79. The van der Waals surface area contributed by atoms with E-state index in [1.807, 2.05) is 0 Å². The maximum absolute atomic E-state index is 14.8. The van der Waals surface area contributed by atoms with Gasteiger partial charge in [-0.25, -0.2) is 9.18 Å². The van der Waals surface area contributed by atoms with Crippen molar-refractivity contribution in [2.24, 2.45) is 5.92 Å². The fourth-order valence-electron chi connectivity index (χ4n) is 5.31. The van der Waals surface area contributed by atoms with E-state index < -0.39 is 29.1 Å². The molecule has 1 atom stereocenters. The summed E-state index contributed by atoms with van der Waals surface area (Å²) in [4.78, 5) is 17.9. The van der Waals surface area contributed by atoms with Crippen LogP contribution in [0, 0.1) is 11.7 Å². The number of aliphatic hydroxyl groups is 1. The number of allylic oxidation sites excluding steroid dienone is 1. The van der Waals surface area contributed by atoms with Crippen LogP contribution in [0.4, 0.5) is 22.4 Å². The van der Waals surface area contributed by atoms with Crippen LogP contribution in [0.25, 0.3) is 0 Å². The van der Waals surface area contributed by atoms with Gasteiger partial charge in [0.2, 0.25) is 0 Å². The van der Waals surface area contributed by atoms with Crippen molar-refractivity contribution in [3.8, 4) is 0 Å². The molecule has 0 radical (unpaired) electrons. The molecule has 5 nitrogen and oxygen atoms in total. The maximum atomic E-state index is 14.8. The molecule has 2 aromatic carbocycles. The standard InChI is InChI=1S/C30H30ClF4N3O2/c1-19(39)13-20-7-10-26(11-8-20)37-28(40)38-29(17-21-5-3-2-4-6-21,27-12-9-24(31)18-36-27)22-14-23(30(33,34)35)16-25(32)15-22/h2-6,9,12,14-16,18,20,26,39H,1,7-8,10-11,13,17H2,(H2,37,38,40)/t20-,26-,29-/m0/s1. The number of nitrogens with zero attached hydrogens (tertiary/aromatic N) is 1. The van der Waals surface area contributed by atoms with Gasteiger partial charge >= 0.3 is 12.2 Å². The average Bonchev–Trinajstić information content (AvgIpc) is 2.89. The number of halogens is 5. The molecule has 0 spiro atoms. The van der Waals surface area contributed by atoms with Gasteiger partial charge in [0.15, 0.2) is 0 Å². The Morgan fingerprint density at radius 2 is 1.70 bits per heavy atom. The molecule has 0 saturated heterocycles. The van der Waals surface area contributed by atoms with Gasteiger partial charge in [-0.05, 0) is 73.1 Å². The van der Waals surface area contributed by atoms with Crippen molar-refractivity contribution in [1.82, 2.24) is 15.6 Å². The van der Waals surface area contributed by atoms with Gasteiger partial charge < -0.3 is 15.7 Å². The minimum absolute atomic E-state index is 0.0119. The van der Waals surface area contributed by atoms with Crippen LogP contribution in [-0.4, -0.2) is 22.2 Å². The van der Waals surface area contributed by atoms with Crippen molar-refractivity contribution >= 4 is 17.6 Å². The number of alkyl halides is 3. The zero-order valence-corrected chi connectivity index (χ0v) is 22.4. The highest BCUT2D eigenvalue weighted by Crippen LogP contribution is 2.38. The van der Waals surface area contributed by atoms with E-state index >= 15 is 0 Å². The first kappa shape index (κ1) is 29.4. The molecule has 1 aromatic heterocycles. The highest BCUT2D eigenvalue weighted by atomic mass is 35.5. The van der Waals surface area contributed by atoms with Crippen LogP contribution in [0.1, 0.15) is 54.5 Å². The minimum atomic E-state index is -4.82. The van der Waals surface area contributed by atoms with Crippen LogP contribution in [-0.2, 0) is 18.1 Å². The first-order valence-electron chi connectivity index (χ1n) is 12.9. The number of urea groups is 1. The summed E-state index contributed by atoms with van der Waals surface area (Å²) in [6, 6.07) is 13.3. The number of carbonyl (C=O) groups is 1. The second kappa shape index (κ2) is 12.3. The number of nitrogens with one attached hydrogen (secondary N) is 2. The molecular formula is C30H30ClF4N3O2. The van der Waals surface area contributed by atoms with E-state index in [-0.39, 0.29) is 35.4 Å². The van der Waals surface area contributed by atoms with Crippen LogP contribution >= 0.6 is 11.6 Å². The third-order valence-electron chi connectivity index (χ3n) is 7.23. The predicted octanol–water partition coefficient (Wildman–Crippen LogP) is 7.70. The molecule has 3 aromatic rings. The molecule has 1 heterocycles. The number of aromatic nitrogens is 1. The Bertz CT molecular complexity index is 1330. The Hall–Kier alpha value is -3.59. The second-order valence-corrected chi connectivity index (χ2v) is 10.7. The Labute approximate surface area is 235 Å². The van der Waals surface area contributed by atoms with Gasteiger partial charge in [-0.1, -0.05) is 48.5 Å². The van der Waals surface area contributed by atoms with Crippen LogP contribution < -0.4 is 10.6 Å². The van der Waals surface area contributed by atoms with Crippen molar-refractivity contribution in [1.29, 1.82) is 0 Å².